The van der Waals surface area contributed by atoms with Gasteiger partial charge >= 0.3 is 6.18 Å². The Morgan fingerprint density at radius 1 is 0.933 bits per heavy atom. The quantitative estimate of drug-likeness (QED) is 0.406. The predicted molar refractivity (Wildman–Crippen MR) is 106 cm³/mol. The van der Waals surface area contributed by atoms with Gasteiger partial charge in [0.05, 0.1) is 28.7 Å². The van der Waals surface area contributed by atoms with Crippen molar-refractivity contribution < 1.29 is 13.2 Å². The van der Waals surface area contributed by atoms with Crippen molar-refractivity contribution in [2.24, 2.45) is 0 Å². The molecule has 0 aliphatic carbocycles. The fraction of sp³-hybridized carbons (Fsp3) is 0.100. The van der Waals surface area contributed by atoms with E-state index in [4.69, 9.17) is 0 Å². The van der Waals surface area contributed by atoms with E-state index in [1.54, 1.807) is 15.4 Å². The summed E-state index contributed by atoms with van der Waals surface area (Å²) in [6.45, 7) is 1.93. The summed E-state index contributed by atoms with van der Waals surface area (Å²) in [7, 11) is 0. The van der Waals surface area contributed by atoms with Crippen molar-refractivity contribution >= 4 is 16.3 Å². The van der Waals surface area contributed by atoms with Gasteiger partial charge in [-0.3, -0.25) is 0 Å². The summed E-state index contributed by atoms with van der Waals surface area (Å²) < 4.78 is 41.8. The van der Waals surface area contributed by atoms with Crippen LogP contribution in [-0.2, 0) is 6.18 Å². The monoisotopic (exact) mass is 426 g/mol. The molecular weight excluding hydrogens is 413 g/mol. The van der Waals surface area contributed by atoms with Gasteiger partial charge in [0, 0.05) is 5.56 Å². The zero-order valence-electron chi connectivity index (χ0n) is 15.5. The summed E-state index contributed by atoms with van der Waals surface area (Å²) in [5, 5.41) is 17.9. The topological polar surface area (TPSA) is 60.9 Å². The first-order valence-corrected chi connectivity index (χ1v) is 9.74. The molecule has 3 aromatic heterocycles. The van der Waals surface area contributed by atoms with Gasteiger partial charge in [-0.2, -0.15) is 27.9 Å². The number of fused-ring (bicyclic) bond motifs is 1. The first kappa shape index (κ1) is 18.5. The smallest absolute Gasteiger partial charge is 0.237 e. The minimum Gasteiger partial charge on any atom is -0.237 e. The number of hydrogen-bond donors (Lipinski definition) is 0. The van der Waals surface area contributed by atoms with Crippen molar-refractivity contribution in [2.45, 2.75) is 13.1 Å². The summed E-state index contributed by atoms with van der Waals surface area (Å²) in [6.07, 6.45) is -2.67. The van der Waals surface area contributed by atoms with Crippen LogP contribution in [0.3, 0.4) is 0 Å². The molecule has 0 N–H and O–H groups in total. The van der Waals surface area contributed by atoms with Crippen LogP contribution in [-0.4, -0.2) is 29.6 Å². The summed E-state index contributed by atoms with van der Waals surface area (Å²) in [5.74, 6) is 0.527. The lowest BCUT2D eigenvalue weighted by Gasteiger charge is -2.06. The second-order valence-corrected chi connectivity index (χ2v) is 7.55. The molecule has 0 spiro atoms. The van der Waals surface area contributed by atoms with E-state index in [9.17, 15) is 13.2 Å². The second-order valence-electron chi connectivity index (χ2n) is 6.59. The zero-order valence-corrected chi connectivity index (χ0v) is 16.3. The van der Waals surface area contributed by atoms with Gasteiger partial charge in [0.1, 0.15) is 5.01 Å². The van der Waals surface area contributed by atoms with Crippen LogP contribution in [0.25, 0.3) is 32.6 Å². The summed E-state index contributed by atoms with van der Waals surface area (Å²) in [5.41, 5.74) is 2.46. The summed E-state index contributed by atoms with van der Waals surface area (Å²) >= 11 is 1.26. The SMILES string of the molecule is Cc1c(-c2nnc3sc(-c4ccc(C(F)(F)F)cc4)nn23)cnn1-c1ccccc1. The van der Waals surface area contributed by atoms with E-state index in [1.807, 2.05) is 37.3 Å². The van der Waals surface area contributed by atoms with Crippen LogP contribution >= 0.6 is 11.3 Å². The average Bonchev–Trinajstić information content (AvgIpc) is 3.42. The number of benzene rings is 2. The third kappa shape index (κ3) is 3.05. The minimum absolute atomic E-state index is 0.527. The molecule has 0 saturated carbocycles. The second kappa shape index (κ2) is 6.77. The molecule has 0 aliphatic rings. The Morgan fingerprint density at radius 2 is 1.67 bits per heavy atom. The lowest BCUT2D eigenvalue weighted by Crippen LogP contribution is -2.04. The van der Waals surface area contributed by atoms with Gasteiger partial charge in [0.2, 0.25) is 4.96 Å². The number of alkyl halides is 3. The highest BCUT2D eigenvalue weighted by atomic mass is 32.1. The molecule has 3 heterocycles. The highest BCUT2D eigenvalue weighted by molar-refractivity contribution is 7.19. The van der Waals surface area contributed by atoms with Gasteiger partial charge in [-0.15, -0.1) is 10.2 Å². The molecule has 0 atom stereocenters. The maximum Gasteiger partial charge on any atom is 0.416 e. The number of nitrogens with zero attached hydrogens (tertiary/aromatic N) is 6. The molecule has 5 aromatic rings. The van der Waals surface area contributed by atoms with Crippen LogP contribution in [0.4, 0.5) is 13.2 Å². The third-order valence-electron chi connectivity index (χ3n) is 4.70. The Bertz CT molecular complexity index is 1330. The number of rotatable bonds is 3. The molecule has 150 valence electrons. The van der Waals surface area contributed by atoms with Crippen molar-refractivity contribution in [1.29, 1.82) is 0 Å². The molecule has 30 heavy (non-hydrogen) atoms. The molecule has 0 fully saturated rings. The first-order chi connectivity index (χ1) is 14.4. The highest BCUT2D eigenvalue weighted by Crippen LogP contribution is 2.33. The molecule has 6 nitrogen and oxygen atoms in total. The van der Waals surface area contributed by atoms with Crippen molar-refractivity contribution in [3.05, 3.63) is 72.1 Å². The number of aromatic nitrogens is 6. The fourth-order valence-electron chi connectivity index (χ4n) is 3.16. The standard InChI is InChI=1S/C20H13F3N6S/c1-12-16(11-24-28(12)15-5-3-2-4-6-15)17-25-26-19-29(17)27-18(30-19)13-7-9-14(10-8-13)20(21,22)23/h2-11H,1H3. The zero-order chi connectivity index (χ0) is 20.9. The number of halogens is 3. The van der Waals surface area contributed by atoms with E-state index >= 15 is 0 Å². The largest absolute Gasteiger partial charge is 0.416 e. The Morgan fingerprint density at radius 3 is 2.37 bits per heavy atom. The maximum absolute atomic E-state index is 12.8. The minimum atomic E-state index is -4.37. The fourth-order valence-corrected chi connectivity index (χ4v) is 4.01. The Labute approximate surface area is 172 Å². The van der Waals surface area contributed by atoms with Crippen LogP contribution in [0.2, 0.25) is 0 Å². The normalized spacial score (nSPS) is 12.0. The van der Waals surface area contributed by atoms with Gasteiger partial charge in [-0.1, -0.05) is 41.7 Å². The van der Waals surface area contributed by atoms with Crippen molar-refractivity contribution in [3.63, 3.8) is 0 Å². The van der Waals surface area contributed by atoms with Crippen LogP contribution in [0.15, 0.2) is 60.8 Å². The van der Waals surface area contributed by atoms with E-state index in [0.29, 0.717) is 21.4 Å². The van der Waals surface area contributed by atoms with Crippen LogP contribution < -0.4 is 0 Å². The summed E-state index contributed by atoms with van der Waals surface area (Å²) in [4.78, 5) is 0.548. The third-order valence-corrected chi connectivity index (χ3v) is 5.65. The van der Waals surface area contributed by atoms with Crippen molar-refractivity contribution in [3.8, 4) is 27.6 Å². The van der Waals surface area contributed by atoms with Gasteiger partial charge in [-0.05, 0) is 31.2 Å². The van der Waals surface area contributed by atoms with Crippen molar-refractivity contribution in [1.82, 2.24) is 29.6 Å². The molecule has 0 saturated heterocycles. The number of hydrogen-bond acceptors (Lipinski definition) is 5. The van der Waals surface area contributed by atoms with Gasteiger partial charge in [0.25, 0.3) is 0 Å². The lowest BCUT2D eigenvalue weighted by atomic mass is 10.1. The average molecular weight is 426 g/mol. The molecule has 0 unspecified atom stereocenters. The lowest BCUT2D eigenvalue weighted by molar-refractivity contribution is -0.137. The van der Waals surface area contributed by atoms with Crippen LogP contribution in [0, 0.1) is 6.92 Å². The molecule has 0 radical (unpaired) electrons. The Hall–Kier alpha value is -3.53. The molecule has 10 heteroatoms. The maximum atomic E-state index is 12.8. The van der Waals surface area contributed by atoms with E-state index in [2.05, 4.69) is 20.4 Å². The van der Waals surface area contributed by atoms with Crippen LogP contribution in [0.5, 0.6) is 0 Å². The first-order valence-electron chi connectivity index (χ1n) is 8.92. The van der Waals surface area contributed by atoms with E-state index < -0.39 is 11.7 Å². The van der Waals surface area contributed by atoms with Gasteiger partial charge in [0.15, 0.2) is 5.82 Å². The molecule has 0 bridgehead atoms. The number of para-hydroxylation sites is 1. The highest BCUT2D eigenvalue weighted by Gasteiger charge is 2.30. The molecule has 5 rings (SSSR count). The predicted octanol–water partition coefficient (Wildman–Crippen LogP) is 5.03. The molecule has 0 aliphatic heterocycles. The van der Waals surface area contributed by atoms with E-state index in [1.165, 1.54) is 23.5 Å². The molecular formula is C20H13F3N6S. The van der Waals surface area contributed by atoms with Gasteiger partial charge < -0.3 is 0 Å². The Kier molecular flexibility index (Phi) is 4.17. The Balaban J connectivity index is 1.54. The van der Waals surface area contributed by atoms with Gasteiger partial charge in [-0.25, -0.2) is 4.68 Å². The van der Waals surface area contributed by atoms with Crippen LogP contribution in [0.1, 0.15) is 11.3 Å². The molecule has 0 amide bonds. The summed E-state index contributed by atoms with van der Waals surface area (Å²) in [6, 6.07) is 14.6. The molecule has 2 aromatic carbocycles. The van der Waals surface area contributed by atoms with Crippen molar-refractivity contribution in [2.75, 3.05) is 0 Å². The van der Waals surface area contributed by atoms with E-state index in [0.717, 1.165) is 29.1 Å². The van der Waals surface area contributed by atoms with E-state index in [-0.39, 0.29) is 0 Å².